The first-order valence-electron chi connectivity index (χ1n) is 6.05. The number of carboxylic acid groups (broad SMARTS) is 1. The highest BCUT2D eigenvalue weighted by Crippen LogP contribution is 2.16. The van der Waals surface area contributed by atoms with Crippen LogP contribution in [0.5, 0.6) is 0 Å². The molecule has 0 saturated carbocycles. The molecule has 0 aromatic rings. The van der Waals surface area contributed by atoms with Crippen LogP contribution in [0.3, 0.4) is 0 Å². The lowest BCUT2D eigenvalue weighted by molar-refractivity contribution is -0.141. The highest BCUT2D eigenvalue weighted by atomic mass is 16.4. The van der Waals surface area contributed by atoms with Crippen molar-refractivity contribution in [1.82, 2.24) is 10.2 Å². The van der Waals surface area contributed by atoms with Gasteiger partial charge in [-0.25, -0.2) is 0 Å². The van der Waals surface area contributed by atoms with Crippen LogP contribution in [0.2, 0.25) is 0 Å². The lowest BCUT2D eigenvalue weighted by Gasteiger charge is -2.21. The number of nitrogens with one attached hydrogen (secondary N) is 1. The molecule has 0 spiro atoms. The van der Waals surface area contributed by atoms with Gasteiger partial charge in [-0.05, 0) is 27.2 Å². The van der Waals surface area contributed by atoms with Gasteiger partial charge in [-0.1, -0.05) is 0 Å². The number of carbonyl (C=O) groups excluding carboxylic acids is 1. The van der Waals surface area contributed by atoms with E-state index in [2.05, 4.69) is 5.32 Å². The first-order chi connectivity index (χ1) is 7.79. The van der Waals surface area contributed by atoms with Crippen molar-refractivity contribution in [2.45, 2.75) is 39.2 Å². The Hall–Kier alpha value is -1.10. The molecule has 2 N–H and O–H groups in total. The molecule has 98 valence electrons. The lowest BCUT2D eigenvalue weighted by atomic mass is 10.1. The summed E-state index contributed by atoms with van der Waals surface area (Å²) < 4.78 is 0. The topological polar surface area (TPSA) is 69.6 Å². The van der Waals surface area contributed by atoms with Gasteiger partial charge in [0.2, 0.25) is 5.91 Å². The predicted octanol–water partition coefficient (Wildman–Crippen LogP) is 0.698. The second kappa shape index (κ2) is 5.49. The first kappa shape index (κ1) is 14.0. The Balaban J connectivity index is 2.28. The molecule has 1 fully saturated rings. The van der Waals surface area contributed by atoms with Crippen LogP contribution in [-0.2, 0) is 9.59 Å². The molecule has 0 aliphatic carbocycles. The lowest BCUT2D eigenvalue weighted by Crippen LogP contribution is -2.39. The molecule has 1 heterocycles. The Morgan fingerprint density at radius 1 is 1.41 bits per heavy atom. The highest BCUT2D eigenvalue weighted by molar-refractivity contribution is 5.78. The SMILES string of the molecule is CC(C)(C)NCCC(=O)N1CCC(C(=O)O)C1. The predicted molar refractivity (Wildman–Crippen MR) is 64.7 cm³/mol. The van der Waals surface area contributed by atoms with Crippen LogP contribution in [0.4, 0.5) is 0 Å². The second-order valence-corrected chi connectivity index (χ2v) is 5.59. The van der Waals surface area contributed by atoms with E-state index in [-0.39, 0.29) is 17.4 Å². The summed E-state index contributed by atoms with van der Waals surface area (Å²) >= 11 is 0. The molecule has 1 aliphatic heterocycles. The van der Waals surface area contributed by atoms with Crippen LogP contribution in [0.1, 0.15) is 33.6 Å². The molecule has 0 aromatic heterocycles. The molecule has 0 bridgehead atoms. The second-order valence-electron chi connectivity index (χ2n) is 5.59. The number of nitrogens with zero attached hydrogens (tertiary/aromatic N) is 1. The number of carboxylic acids is 1. The number of hydrogen-bond donors (Lipinski definition) is 2. The van der Waals surface area contributed by atoms with E-state index in [4.69, 9.17) is 5.11 Å². The molecule has 5 nitrogen and oxygen atoms in total. The standard InChI is InChI=1S/C12H22N2O3/c1-12(2,3)13-6-4-10(15)14-7-5-9(8-14)11(16)17/h9,13H,4-8H2,1-3H3,(H,16,17). The molecule has 5 heteroatoms. The summed E-state index contributed by atoms with van der Waals surface area (Å²) in [4.78, 5) is 24.2. The largest absolute Gasteiger partial charge is 0.481 e. The van der Waals surface area contributed by atoms with Gasteiger partial charge in [-0.3, -0.25) is 9.59 Å². The van der Waals surface area contributed by atoms with E-state index in [0.29, 0.717) is 32.5 Å². The minimum Gasteiger partial charge on any atom is -0.481 e. The van der Waals surface area contributed by atoms with Gasteiger partial charge in [0.15, 0.2) is 0 Å². The molecular formula is C12H22N2O3. The summed E-state index contributed by atoms with van der Waals surface area (Å²) in [5.74, 6) is -1.13. The van der Waals surface area contributed by atoms with Gasteiger partial charge < -0.3 is 15.3 Å². The number of aliphatic carboxylic acids is 1. The normalized spacial score (nSPS) is 20.6. The third kappa shape index (κ3) is 4.73. The van der Waals surface area contributed by atoms with Crippen molar-refractivity contribution in [3.05, 3.63) is 0 Å². The van der Waals surface area contributed by atoms with Crippen LogP contribution < -0.4 is 5.32 Å². The molecule has 1 rings (SSSR count). The van der Waals surface area contributed by atoms with Crippen LogP contribution >= 0.6 is 0 Å². The third-order valence-corrected chi connectivity index (χ3v) is 2.88. The van der Waals surface area contributed by atoms with E-state index in [1.807, 2.05) is 20.8 Å². The molecule has 1 atom stereocenters. The minimum absolute atomic E-state index is 0.00882. The maximum absolute atomic E-state index is 11.8. The Bertz CT molecular complexity index is 297. The molecule has 1 saturated heterocycles. The zero-order valence-corrected chi connectivity index (χ0v) is 10.8. The third-order valence-electron chi connectivity index (χ3n) is 2.88. The van der Waals surface area contributed by atoms with E-state index in [9.17, 15) is 9.59 Å². The molecule has 1 unspecified atom stereocenters. The summed E-state index contributed by atoms with van der Waals surface area (Å²) in [5.41, 5.74) is 0.00882. The first-order valence-corrected chi connectivity index (χ1v) is 6.05. The Morgan fingerprint density at radius 3 is 2.53 bits per heavy atom. The fourth-order valence-electron chi connectivity index (χ4n) is 1.89. The number of carbonyl (C=O) groups is 2. The van der Waals surface area contributed by atoms with Crippen LogP contribution in [0.15, 0.2) is 0 Å². The highest BCUT2D eigenvalue weighted by Gasteiger charge is 2.30. The van der Waals surface area contributed by atoms with Gasteiger partial charge >= 0.3 is 5.97 Å². The molecule has 1 amide bonds. The number of rotatable bonds is 4. The van der Waals surface area contributed by atoms with Crippen molar-refractivity contribution in [2.24, 2.45) is 5.92 Å². The maximum atomic E-state index is 11.8. The number of hydrogen-bond acceptors (Lipinski definition) is 3. The van der Waals surface area contributed by atoms with Gasteiger partial charge in [-0.2, -0.15) is 0 Å². The van der Waals surface area contributed by atoms with Gasteiger partial charge in [0.05, 0.1) is 5.92 Å². The molecular weight excluding hydrogens is 220 g/mol. The number of likely N-dealkylation sites (tertiary alicyclic amines) is 1. The summed E-state index contributed by atoms with van der Waals surface area (Å²) in [5, 5.41) is 12.1. The zero-order valence-electron chi connectivity index (χ0n) is 10.8. The average Bonchev–Trinajstić information content (AvgIpc) is 2.63. The van der Waals surface area contributed by atoms with E-state index in [1.165, 1.54) is 0 Å². The molecule has 1 aliphatic rings. The van der Waals surface area contributed by atoms with E-state index >= 15 is 0 Å². The van der Waals surface area contributed by atoms with Crippen molar-refractivity contribution in [3.8, 4) is 0 Å². The van der Waals surface area contributed by atoms with E-state index < -0.39 is 5.97 Å². The molecule has 0 radical (unpaired) electrons. The quantitative estimate of drug-likeness (QED) is 0.761. The van der Waals surface area contributed by atoms with Crippen LogP contribution in [-0.4, -0.2) is 47.1 Å². The van der Waals surface area contributed by atoms with Gasteiger partial charge in [-0.15, -0.1) is 0 Å². The van der Waals surface area contributed by atoms with Crippen molar-refractivity contribution in [3.63, 3.8) is 0 Å². The summed E-state index contributed by atoms with van der Waals surface area (Å²) in [6.07, 6.45) is 1.01. The zero-order chi connectivity index (χ0) is 13.1. The van der Waals surface area contributed by atoms with Gasteiger partial charge in [0.1, 0.15) is 0 Å². The Labute approximate surface area is 102 Å². The fourth-order valence-corrected chi connectivity index (χ4v) is 1.89. The summed E-state index contributed by atoms with van der Waals surface area (Å²) in [6, 6.07) is 0. The van der Waals surface area contributed by atoms with Crippen LogP contribution in [0, 0.1) is 5.92 Å². The smallest absolute Gasteiger partial charge is 0.308 e. The summed E-state index contributed by atoms with van der Waals surface area (Å²) in [6.45, 7) is 7.72. The monoisotopic (exact) mass is 242 g/mol. The minimum atomic E-state index is -0.798. The van der Waals surface area contributed by atoms with Crippen molar-refractivity contribution in [1.29, 1.82) is 0 Å². The maximum Gasteiger partial charge on any atom is 0.308 e. The van der Waals surface area contributed by atoms with E-state index in [1.54, 1.807) is 4.90 Å². The fraction of sp³-hybridized carbons (Fsp3) is 0.833. The van der Waals surface area contributed by atoms with Crippen LogP contribution in [0.25, 0.3) is 0 Å². The van der Waals surface area contributed by atoms with Crippen molar-refractivity contribution >= 4 is 11.9 Å². The Morgan fingerprint density at radius 2 is 2.06 bits per heavy atom. The molecule has 17 heavy (non-hydrogen) atoms. The van der Waals surface area contributed by atoms with Gasteiger partial charge in [0, 0.05) is 31.6 Å². The average molecular weight is 242 g/mol. The van der Waals surface area contributed by atoms with E-state index in [0.717, 1.165) is 0 Å². The van der Waals surface area contributed by atoms with Gasteiger partial charge in [0.25, 0.3) is 0 Å². The molecule has 0 aromatic carbocycles. The van der Waals surface area contributed by atoms with Crippen molar-refractivity contribution < 1.29 is 14.7 Å². The number of amides is 1. The Kier molecular flexibility index (Phi) is 4.51. The van der Waals surface area contributed by atoms with Crippen molar-refractivity contribution in [2.75, 3.05) is 19.6 Å². The summed E-state index contributed by atoms with van der Waals surface area (Å²) in [7, 11) is 0.